The standard InChI is InChI=1S/C13H16ClFO2/c1-3-13(17-4-2)12(16)8-9-10(14)6-5-7-11(9)15/h5-7,13H,3-4,8H2,1-2H3. The zero-order valence-electron chi connectivity index (χ0n) is 10.0. The van der Waals surface area contributed by atoms with Crippen molar-refractivity contribution in [3.63, 3.8) is 0 Å². The third kappa shape index (κ3) is 3.79. The Bertz CT molecular complexity index is 373. The topological polar surface area (TPSA) is 26.3 Å². The highest BCUT2D eigenvalue weighted by molar-refractivity contribution is 6.31. The van der Waals surface area contributed by atoms with E-state index in [0.717, 1.165) is 0 Å². The van der Waals surface area contributed by atoms with Crippen LogP contribution in [0.5, 0.6) is 0 Å². The van der Waals surface area contributed by atoms with Gasteiger partial charge in [-0.15, -0.1) is 0 Å². The van der Waals surface area contributed by atoms with Gasteiger partial charge >= 0.3 is 0 Å². The van der Waals surface area contributed by atoms with Crippen molar-refractivity contribution in [2.24, 2.45) is 0 Å². The molecule has 0 amide bonds. The molecule has 1 unspecified atom stereocenters. The molecule has 0 aromatic heterocycles. The molecule has 0 N–H and O–H groups in total. The van der Waals surface area contributed by atoms with Crippen molar-refractivity contribution in [2.75, 3.05) is 6.61 Å². The van der Waals surface area contributed by atoms with E-state index in [1.807, 2.05) is 13.8 Å². The van der Waals surface area contributed by atoms with Crippen LogP contribution in [0.25, 0.3) is 0 Å². The lowest BCUT2D eigenvalue weighted by Crippen LogP contribution is -2.25. The summed E-state index contributed by atoms with van der Waals surface area (Å²) in [4.78, 5) is 11.9. The summed E-state index contributed by atoms with van der Waals surface area (Å²) >= 11 is 5.87. The molecule has 0 bridgehead atoms. The smallest absolute Gasteiger partial charge is 0.166 e. The van der Waals surface area contributed by atoms with Gasteiger partial charge in [0.1, 0.15) is 11.9 Å². The van der Waals surface area contributed by atoms with Gasteiger partial charge in [-0.2, -0.15) is 0 Å². The highest BCUT2D eigenvalue weighted by Gasteiger charge is 2.19. The molecule has 0 spiro atoms. The van der Waals surface area contributed by atoms with Gasteiger partial charge in [0.2, 0.25) is 0 Å². The van der Waals surface area contributed by atoms with Crippen molar-refractivity contribution >= 4 is 17.4 Å². The number of halogens is 2. The number of Topliss-reactive ketones (excluding diaryl/α,β-unsaturated/α-hetero) is 1. The Balaban J connectivity index is 2.80. The molecule has 4 heteroatoms. The van der Waals surface area contributed by atoms with Crippen LogP contribution in [-0.2, 0) is 16.0 Å². The van der Waals surface area contributed by atoms with E-state index in [-0.39, 0.29) is 22.8 Å². The molecular formula is C13H16ClFO2. The maximum Gasteiger partial charge on any atom is 0.166 e. The lowest BCUT2D eigenvalue weighted by molar-refractivity contribution is -0.129. The number of hydrogen-bond donors (Lipinski definition) is 0. The summed E-state index contributed by atoms with van der Waals surface area (Å²) in [5, 5.41) is 0.282. The Morgan fingerprint density at radius 3 is 2.71 bits per heavy atom. The van der Waals surface area contributed by atoms with Crippen molar-refractivity contribution in [2.45, 2.75) is 32.8 Å². The molecule has 0 saturated heterocycles. The van der Waals surface area contributed by atoms with Gasteiger partial charge in [-0.1, -0.05) is 24.6 Å². The predicted molar refractivity (Wildman–Crippen MR) is 65.8 cm³/mol. The first-order valence-electron chi connectivity index (χ1n) is 5.67. The van der Waals surface area contributed by atoms with Crippen molar-refractivity contribution in [3.8, 4) is 0 Å². The van der Waals surface area contributed by atoms with E-state index in [1.165, 1.54) is 12.1 Å². The van der Waals surface area contributed by atoms with Crippen LogP contribution in [0.3, 0.4) is 0 Å². The third-order valence-electron chi connectivity index (χ3n) is 2.51. The number of ether oxygens (including phenoxy) is 1. The molecular weight excluding hydrogens is 243 g/mol. The fraction of sp³-hybridized carbons (Fsp3) is 0.462. The third-order valence-corrected chi connectivity index (χ3v) is 2.86. The molecule has 17 heavy (non-hydrogen) atoms. The molecule has 0 saturated carbocycles. The van der Waals surface area contributed by atoms with E-state index >= 15 is 0 Å². The lowest BCUT2D eigenvalue weighted by atomic mass is 10.0. The van der Waals surface area contributed by atoms with Gasteiger partial charge in [0.15, 0.2) is 5.78 Å². The summed E-state index contributed by atoms with van der Waals surface area (Å²) in [6.45, 7) is 4.16. The van der Waals surface area contributed by atoms with E-state index in [4.69, 9.17) is 16.3 Å². The molecule has 2 nitrogen and oxygen atoms in total. The Kier molecular flexibility index (Phi) is 5.59. The minimum absolute atomic E-state index is 0.0238. The van der Waals surface area contributed by atoms with Gasteiger partial charge in [-0.3, -0.25) is 4.79 Å². The SMILES string of the molecule is CCOC(CC)C(=O)Cc1c(F)cccc1Cl. The first-order chi connectivity index (χ1) is 8.10. The first-order valence-corrected chi connectivity index (χ1v) is 6.05. The monoisotopic (exact) mass is 258 g/mol. The van der Waals surface area contributed by atoms with Gasteiger partial charge in [-0.25, -0.2) is 4.39 Å². The zero-order chi connectivity index (χ0) is 12.8. The fourth-order valence-corrected chi connectivity index (χ4v) is 1.86. The Morgan fingerprint density at radius 2 is 2.18 bits per heavy atom. The maximum absolute atomic E-state index is 13.5. The number of hydrogen-bond acceptors (Lipinski definition) is 2. The van der Waals surface area contributed by atoms with Crippen LogP contribution < -0.4 is 0 Å². The Hall–Kier alpha value is -0.930. The summed E-state index contributed by atoms with van der Waals surface area (Å²) < 4.78 is 18.8. The van der Waals surface area contributed by atoms with E-state index in [1.54, 1.807) is 6.07 Å². The molecule has 0 aliphatic heterocycles. The Labute approximate surface area is 106 Å². The van der Waals surface area contributed by atoms with Crippen molar-refractivity contribution < 1.29 is 13.9 Å². The van der Waals surface area contributed by atoms with Crippen LogP contribution in [0.2, 0.25) is 5.02 Å². The second kappa shape index (κ2) is 6.72. The predicted octanol–water partition coefficient (Wildman–Crippen LogP) is 3.41. The number of ketones is 1. The molecule has 1 aromatic carbocycles. The maximum atomic E-state index is 13.5. The van der Waals surface area contributed by atoms with E-state index in [2.05, 4.69) is 0 Å². The van der Waals surface area contributed by atoms with Crippen molar-refractivity contribution in [1.29, 1.82) is 0 Å². The average molecular weight is 259 g/mol. The van der Waals surface area contributed by atoms with Crippen molar-refractivity contribution in [1.82, 2.24) is 0 Å². The van der Waals surface area contributed by atoms with E-state index in [9.17, 15) is 9.18 Å². The zero-order valence-corrected chi connectivity index (χ0v) is 10.8. The number of rotatable bonds is 6. The number of carbonyl (C=O) groups is 1. The van der Waals surface area contributed by atoms with Crippen LogP contribution in [0, 0.1) is 5.82 Å². The molecule has 0 aliphatic rings. The number of carbonyl (C=O) groups excluding carboxylic acids is 1. The largest absolute Gasteiger partial charge is 0.371 e. The van der Waals surface area contributed by atoms with Crippen LogP contribution in [0.15, 0.2) is 18.2 Å². The lowest BCUT2D eigenvalue weighted by Gasteiger charge is -2.14. The van der Waals surface area contributed by atoms with Crippen LogP contribution >= 0.6 is 11.6 Å². The minimum Gasteiger partial charge on any atom is -0.371 e. The molecule has 94 valence electrons. The quantitative estimate of drug-likeness (QED) is 0.782. The highest BCUT2D eigenvalue weighted by atomic mass is 35.5. The summed E-state index contributed by atoms with van der Waals surface area (Å²) in [6, 6.07) is 4.40. The van der Waals surface area contributed by atoms with E-state index in [0.29, 0.717) is 13.0 Å². The second-order valence-corrected chi connectivity index (χ2v) is 4.10. The minimum atomic E-state index is -0.476. The van der Waals surface area contributed by atoms with Crippen LogP contribution in [0.4, 0.5) is 4.39 Å². The molecule has 1 aromatic rings. The molecule has 1 rings (SSSR count). The first kappa shape index (κ1) is 14.1. The second-order valence-electron chi connectivity index (χ2n) is 3.70. The van der Waals surface area contributed by atoms with Crippen LogP contribution in [-0.4, -0.2) is 18.5 Å². The average Bonchev–Trinajstić information content (AvgIpc) is 2.30. The van der Waals surface area contributed by atoms with Crippen LogP contribution in [0.1, 0.15) is 25.8 Å². The van der Waals surface area contributed by atoms with Gasteiger partial charge in [-0.05, 0) is 25.5 Å². The van der Waals surface area contributed by atoms with E-state index < -0.39 is 11.9 Å². The fourth-order valence-electron chi connectivity index (χ4n) is 1.63. The van der Waals surface area contributed by atoms with Gasteiger partial charge in [0.25, 0.3) is 0 Å². The Morgan fingerprint density at radius 1 is 1.47 bits per heavy atom. The number of benzene rings is 1. The molecule has 0 aliphatic carbocycles. The van der Waals surface area contributed by atoms with Gasteiger partial charge in [0.05, 0.1) is 0 Å². The molecule has 0 heterocycles. The summed E-state index contributed by atoms with van der Waals surface area (Å²) in [7, 11) is 0. The molecule has 0 fully saturated rings. The molecule has 1 atom stereocenters. The van der Waals surface area contributed by atoms with Gasteiger partial charge in [0, 0.05) is 23.6 Å². The van der Waals surface area contributed by atoms with Crippen molar-refractivity contribution in [3.05, 3.63) is 34.6 Å². The highest BCUT2D eigenvalue weighted by Crippen LogP contribution is 2.20. The normalized spacial score (nSPS) is 12.5. The summed E-state index contributed by atoms with van der Waals surface area (Å²) in [5.41, 5.74) is 0.248. The summed E-state index contributed by atoms with van der Waals surface area (Å²) in [5.74, 6) is -0.585. The molecule has 0 radical (unpaired) electrons. The summed E-state index contributed by atoms with van der Waals surface area (Å²) in [6.07, 6.45) is 0.0821. The van der Waals surface area contributed by atoms with Gasteiger partial charge < -0.3 is 4.74 Å².